The summed E-state index contributed by atoms with van der Waals surface area (Å²) in [6.07, 6.45) is 0. The van der Waals surface area contributed by atoms with Crippen molar-refractivity contribution in [3.05, 3.63) is 64.7 Å². The molecular weight excluding hydrogens is 342 g/mol. The van der Waals surface area contributed by atoms with Crippen LogP contribution in [0.15, 0.2) is 47.5 Å². The van der Waals surface area contributed by atoms with E-state index < -0.39 is 0 Å². The molecule has 0 aliphatic rings. The van der Waals surface area contributed by atoms with Crippen molar-refractivity contribution in [2.45, 2.75) is 25.8 Å². The maximum absolute atomic E-state index is 12.3. The van der Waals surface area contributed by atoms with Gasteiger partial charge in [-0.05, 0) is 55.7 Å². The maximum Gasteiger partial charge on any atom is 0.234 e. The predicted molar refractivity (Wildman–Crippen MR) is 106 cm³/mol. The van der Waals surface area contributed by atoms with E-state index >= 15 is 0 Å². The van der Waals surface area contributed by atoms with Crippen molar-refractivity contribution in [3.63, 3.8) is 0 Å². The van der Waals surface area contributed by atoms with Crippen LogP contribution in [0, 0.1) is 32.1 Å². The van der Waals surface area contributed by atoms with Crippen molar-refractivity contribution in [1.82, 2.24) is 4.98 Å². The second-order valence-corrected chi connectivity index (χ2v) is 7.17. The van der Waals surface area contributed by atoms with Crippen LogP contribution in [0.3, 0.4) is 0 Å². The Labute approximate surface area is 157 Å². The zero-order valence-corrected chi connectivity index (χ0v) is 15.8. The number of fused-ring (bicyclic) bond motifs is 1. The fourth-order valence-corrected chi connectivity index (χ4v) is 3.53. The number of amides is 1. The van der Waals surface area contributed by atoms with Crippen LogP contribution in [0.5, 0.6) is 0 Å². The average molecular weight is 361 g/mol. The molecule has 2 aromatic carbocycles. The molecule has 0 saturated carbocycles. The monoisotopic (exact) mass is 361 g/mol. The fourth-order valence-electron chi connectivity index (χ4n) is 2.76. The van der Waals surface area contributed by atoms with Gasteiger partial charge in [0.05, 0.1) is 27.5 Å². The molecule has 0 unspecified atom stereocenters. The summed E-state index contributed by atoms with van der Waals surface area (Å²) in [5.74, 6) is 0.0842. The molecule has 4 nitrogen and oxygen atoms in total. The highest BCUT2D eigenvalue weighted by atomic mass is 32.2. The third-order valence-corrected chi connectivity index (χ3v) is 5.27. The Balaban J connectivity index is 1.76. The topological polar surface area (TPSA) is 65.8 Å². The van der Waals surface area contributed by atoms with Gasteiger partial charge in [-0.25, -0.2) is 4.98 Å². The van der Waals surface area contributed by atoms with E-state index in [4.69, 9.17) is 10.2 Å². The minimum Gasteiger partial charge on any atom is -0.324 e. The highest BCUT2D eigenvalue weighted by molar-refractivity contribution is 7.99. The summed E-state index contributed by atoms with van der Waals surface area (Å²) in [4.78, 5) is 17.0. The molecule has 1 aromatic heterocycles. The molecule has 0 spiro atoms. The normalized spacial score (nSPS) is 10.5. The first-order valence-electron chi connectivity index (χ1n) is 8.29. The quantitative estimate of drug-likeness (QED) is 0.680. The highest BCUT2D eigenvalue weighted by Crippen LogP contribution is 2.27. The highest BCUT2D eigenvalue weighted by Gasteiger charge is 2.10. The summed E-state index contributed by atoms with van der Waals surface area (Å²) in [6, 6.07) is 15.3. The summed E-state index contributed by atoms with van der Waals surface area (Å²) in [6.45, 7) is 6.21. The third kappa shape index (κ3) is 3.71. The van der Waals surface area contributed by atoms with Crippen molar-refractivity contribution in [2.75, 3.05) is 11.1 Å². The molecule has 130 valence electrons. The standard InChI is InChI=1S/C21H19N3OS/c1-13-8-9-17-14(2)10-20(24-21(17)15(13)3)26-12-19(25)23-18-7-5-4-6-16(18)11-22/h4-10H,12H2,1-3H3,(H,23,25). The number of nitrogens with one attached hydrogen (secondary N) is 1. The number of carbonyl (C=O) groups is 1. The summed E-state index contributed by atoms with van der Waals surface area (Å²) in [7, 11) is 0. The first-order chi connectivity index (χ1) is 12.5. The summed E-state index contributed by atoms with van der Waals surface area (Å²) < 4.78 is 0. The van der Waals surface area contributed by atoms with Crippen LogP contribution in [-0.2, 0) is 4.79 Å². The molecule has 0 saturated heterocycles. The smallest absolute Gasteiger partial charge is 0.234 e. The Bertz CT molecular complexity index is 1040. The van der Waals surface area contributed by atoms with Gasteiger partial charge in [0.15, 0.2) is 0 Å². The molecule has 0 atom stereocenters. The van der Waals surface area contributed by atoms with Crippen LogP contribution in [0.4, 0.5) is 5.69 Å². The lowest BCUT2D eigenvalue weighted by atomic mass is 10.0. The van der Waals surface area contributed by atoms with E-state index in [0.29, 0.717) is 11.3 Å². The molecule has 0 bridgehead atoms. The zero-order chi connectivity index (χ0) is 18.7. The Kier molecular flexibility index (Phi) is 5.24. The number of rotatable bonds is 4. The van der Waals surface area contributed by atoms with Crippen LogP contribution in [-0.4, -0.2) is 16.6 Å². The number of pyridine rings is 1. The van der Waals surface area contributed by atoms with Gasteiger partial charge in [-0.2, -0.15) is 5.26 Å². The number of nitriles is 1. The Hall–Kier alpha value is -2.84. The van der Waals surface area contributed by atoms with Gasteiger partial charge < -0.3 is 5.32 Å². The van der Waals surface area contributed by atoms with E-state index in [-0.39, 0.29) is 11.7 Å². The Morgan fingerprint density at radius 1 is 1.15 bits per heavy atom. The first kappa shape index (κ1) is 18.0. The average Bonchev–Trinajstić information content (AvgIpc) is 2.64. The molecule has 1 N–H and O–H groups in total. The minimum absolute atomic E-state index is 0.154. The van der Waals surface area contributed by atoms with Crippen LogP contribution < -0.4 is 5.32 Å². The number of aromatic nitrogens is 1. The van der Waals surface area contributed by atoms with Crippen molar-refractivity contribution < 1.29 is 4.79 Å². The number of hydrogen-bond donors (Lipinski definition) is 1. The summed E-state index contributed by atoms with van der Waals surface area (Å²) in [5, 5.41) is 13.9. The molecule has 0 radical (unpaired) electrons. The van der Waals surface area contributed by atoms with E-state index in [9.17, 15) is 4.79 Å². The van der Waals surface area contributed by atoms with Crippen molar-refractivity contribution in [2.24, 2.45) is 0 Å². The maximum atomic E-state index is 12.3. The second kappa shape index (κ2) is 7.59. The van der Waals surface area contributed by atoms with Crippen LogP contribution >= 0.6 is 11.8 Å². The lowest BCUT2D eigenvalue weighted by Gasteiger charge is -2.10. The number of hydrogen-bond acceptors (Lipinski definition) is 4. The summed E-state index contributed by atoms with van der Waals surface area (Å²) in [5.41, 5.74) is 5.50. The molecule has 0 aliphatic heterocycles. The molecule has 5 heteroatoms. The van der Waals surface area contributed by atoms with Gasteiger partial charge >= 0.3 is 0 Å². The van der Waals surface area contributed by atoms with E-state index in [1.165, 1.54) is 22.9 Å². The van der Waals surface area contributed by atoms with Gasteiger partial charge in [0.2, 0.25) is 5.91 Å². The van der Waals surface area contributed by atoms with Crippen molar-refractivity contribution in [3.8, 4) is 6.07 Å². The predicted octanol–water partition coefficient (Wildman–Crippen LogP) is 4.76. The minimum atomic E-state index is -0.154. The van der Waals surface area contributed by atoms with Crippen LogP contribution in [0.1, 0.15) is 22.3 Å². The van der Waals surface area contributed by atoms with E-state index in [1.54, 1.807) is 24.3 Å². The summed E-state index contributed by atoms with van der Waals surface area (Å²) >= 11 is 1.40. The number of carbonyl (C=O) groups excluding carboxylic acids is 1. The molecular formula is C21H19N3OS. The molecule has 0 aliphatic carbocycles. The number of aryl methyl sites for hydroxylation is 3. The Morgan fingerprint density at radius 3 is 2.69 bits per heavy atom. The number of benzene rings is 2. The fraction of sp³-hybridized carbons (Fsp3) is 0.190. The zero-order valence-electron chi connectivity index (χ0n) is 15.0. The van der Waals surface area contributed by atoms with Gasteiger partial charge in [0.25, 0.3) is 0 Å². The van der Waals surface area contributed by atoms with Gasteiger partial charge in [-0.3, -0.25) is 4.79 Å². The Morgan fingerprint density at radius 2 is 1.92 bits per heavy atom. The number of nitrogens with zero attached hydrogens (tertiary/aromatic N) is 2. The molecule has 26 heavy (non-hydrogen) atoms. The first-order valence-corrected chi connectivity index (χ1v) is 9.27. The number of thioether (sulfide) groups is 1. The lowest BCUT2D eigenvalue weighted by Crippen LogP contribution is -2.15. The lowest BCUT2D eigenvalue weighted by molar-refractivity contribution is -0.113. The van der Waals surface area contributed by atoms with Gasteiger partial charge in [0.1, 0.15) is 6.07 Å². The van der Waals surface area contributed by atoms with Crippen molar-refractivity contribution >= 4 is 34.3 Å². The van der Waals surface area contributed by atoms with Crippen LogP contribution in [0.25, 0.3) is 10.9 Å². The molecule has 0 fully saturated rings. The number of anilines is 1. The van der Waals surface area contributed by atoms with Gasteiger partial charge in [0, 0.05) is 5.39 Å². The van der Waals surface area contributed by atoms with E-state index in [2.05, 4.69) is 44.3 Å². The molecule has 3 rings (SSSR count). The molecule has 1 heterocycles. The third-order valence-electron chi connectivity index (χ3n) is 4.36. The van der Waals surface area contributed by atoms with Crippen LogP contribution in [0.2, 0.25) is 0 Å². The van der Waals surface area contributed by atoms with Gasteiger partial charge in [-0.1, -0.05) is 36.0 Å². The largest absolute Gasteiger partial charge is 0.324 e. The molecule has 3 aromatic rings. The SMILES string of the molecule is Cc1ccc2c(C)cc(SCC(=O)Nc3ccccc3C#N)nc2c1C. The number of para-hydroxylation sites is 1. The second-order valence-electron chi connectivity index (χ2n) is 6.18. The van der Waals surface area contributed by atoms with E-state index in [0.717, 1.165) is 21.5 Å². The van der Waals surface area contributed by atoms with Crippen molar-refractivity contribution in [1.29, 1.82) is 5.26 Å². The van der Waals surface area contributed by atoms with E-state index in [1.807, 2.05) is 6.07 Å². The molecule has 1 amide bonds. The van der Waals surface area contributed by atoms with Gasteiger partial charge in [-0.15, -0.1) is 0 Å².